The first-order chi connectivity index (χ1) is 9.63. The molecule has 5 heteroatoms. The molecule has 0 bridgehead atoms. The van der Waals surface area contributed by atoms with Gasteiger partial charge < -0.3 is 19.7 Å². The number of aliphatic hydroxyl groups excluding tert-OH is 1. The van der Waals surface area contributed by atoms with Crippen LogP contribution in [-0.4, -0.2) is 42.1 Å². The van der Waals surface area contributed by atoms with Crippen LogP contribution in [-0.2, 0) is 16.0 Å². The Kier molecular flexibility index (Phi) is 7.69. The van der Waals surface area contributed by atoms with Crippen molar-refractivity contribution in [3.8, 4) is 5.75 Å². The summed E-state index contributed by atoms with van der Waals surface area (Å²) in [6, 6.07) is 6.93. The van der Waals surface area contributed by atoms with Crippen LogP contribution < -0.4 is 4.74 Å². The first-order valence-corrected chi connectivity index (χ1v) is 6.81. The molecule has 0 aliphatic carbocycles. The van der Waals surface area contributed by atoms with Gasteiger partial charge >= 0.3 is 5.97 Å². The molecule has 0 heterocycles. The monoisotopic (exact) mass is 282 g/mol. The quantitative estimate of drug-likeness (QED) is 0.641. The van der Waals surface area contributed by atoms with Crippen molar-refractivity contribution in [3.05, 3.63) is 29.8 Å². The van der Waals surface area contributed by atoms with Crippen LogP contribution in [0.25, 0.3) is 0 Å². The van der Waals surface area contributed by atoms with Crippen molar-refractivity contribution in [1.29, 1.82) is 0 Å². The van der Waals surface area contributed by atoms with E-state index < -0.39 is 12.1 Å². The molecular weight excluding hydrogens is 260 g/mol. The standard InChI is InChI=1S/C15H22O5/c1-2-3-8-19-10-13(16)11-20-14-7-5-4-6-12(14)9-15(17)18/h4-7,13,16H,2-3,8-11H2,1H3,(H,17,18). The van der Waals surface area contributed by atoms with E-state index in [0.717, 1.165) is 12.8 Å². The van der Waals surface area contributed by atoms with E-state index in [4.69, 9.17) is 14.6 Å². The van der Waals surface area contributed by atoms with Crippen LogP contribution in [0, 0.1) is 0 Å². The van der Waals surface area contributed by atoms with Gasteiger partial charge in [0, 0.05) is 12.2 Å². The Morgan fingerprint density at radius 1 is 1.30 bits per heavy atom. The van der Waals surface area contributed by atoms with E-state index in [9.17, 15) is 9.90 Å². The molecule has 0 saturated heterocycles. The van der Waals surface area contributed by atoms with E-state index in [1.807, 2.05) is 0 Å². The van der Waals surface area contributed by atoms with E-state index in [1.165, 1.54) is 0 Å². The zero-order valence-corrected chi connectivity index (χ0v) is 11.7. The van der Waals surface area contributed by atoms with E-state index in [0.29, 0.717) is 17.9 Å². The van der Waals surface area contributed by atoms with Crippen LogP contribution in [0.1, 0.15) is 25.3 Å². The summed E-state index contributed by atoms with van der Waals surface area (Å²) in [5.74, 6) is -0.424. The summed E-state index contributed by atoms with van der Waals surface area (Å²) in [7, 11) is 0. The van der Waals surface area contributed by atoms with Crippen molar-refractivity contribution in [1.82, 2.24) is 0 Å². The third kappa shape index (κ3) is 6.54. The zero-order chi connectivity index (χ0) is 14.8. The number of carboxylic acid groups (broad SMARTS) is 1. The van der Waals surface area contributed by atoms with Gasteiger partial charge in [-0.25, -0.2) is 0 Å². The Bertz CT molecular complexity index is 405. The third-order valence-electron chi connectivity index (χ3n) is 2.70. The Balaban J connectivity index is 2.38. The molecule has 0 saturated carbocycles. The number of aliphatic hydroxyl groups is 1. The number of hydrogen-bond donors (Lipinski definition) is 2. The molecule has 0 aliphatic rings. The van der Waals surface area contributed by atoms with Crippen molar-refractivity contribution < 1.29 is 24.5 Å². The summed E-state index contributed by atoms with van der Waals surface area (Å²) < 4.78 is 10.8. The zero-order valence-electron chi connectivity index (χ0n) is 11.7. The normalized spacial score (nSPS) is 12.1. The molecule has 0 spiro atoms. The molecular formula is C15H22O5. The van der Waals surface area contributed by atoms with Crippen LogP contribution in [0.2, 0.25) is 0 Å². The topological polar surface area (TPSA) is 76.0 Å². The van der Waals surface area contributed by atoms with Crippen LogP contribution in [0.4, 0.5) is 0 Å². The molecule has 112 valence electrons. The summed E-state index contributed by atoms with van der Waals surface area (Å²) >= 11 is 0. The Morgan fingerprint density at radius 2 is 2.05 bits per heavy atom. The molecule has 20 heavy (non-hydrogen) atoms. The fourth-order valence-corrected chi connectivity index (χ4v) is 1.65. The maximum Gasteiger partial charge on any atom is 0.307 e. The number of ether oxygens (including phenoxy) is 2. The van der Waals surface area contributed by atoms with Gasteiger partial charge in [-0.3, -0.25) is 4.79 Å². The maximum atomic E-state index is 10.7. The predicted molar refractivity (Wildman–Crippen MR) is 75.0 cm³/mol. The minimum Gasteiger partial charge on any atom is -0.490 e. The molecule has 1 atom stereocenters. The van der Waals surface area contributed by atoms with E-state index in [1.54, 1.807) is 24.3 Å². The van der Waals surface area contributed by atoms with Gasteiger partial charge in [-0.1, -0.05) is 31.5 Å². The van der Waals surface area contributed by atoms with E-state index in [2.05, 4.69) is 6.92 Å². The lowest BCUT2D eigenvalue weighted by molar-refractivity contribution is -0.136. The van der Waals surface area contributed by atoms with Crippen molar-refractivity contribution in [3.63, 3.8) is 0 Å². The van der Waals surface area contributed by atoms with Gasteiger partial charge in [0.15, 0.2) is 0 Å². The summed E-state index contributed by atoms with van der Waals surface area (Å²) in [4.78, 5) is 10.7. The largest absolute Gasteiger partial charge is 0.490 e. The van der Waals surface area contributed by atoms with E-state index >= 15 is 0 Å². The van der Waals surface area contributed by atoms with Crippen LogP contribution in [0.3, 0.4) is 0 Å². The molecule has 1 rings (SSSR count). The van der Waals surface area contributed by atoms with Gasteiger partial charge in [-0.15, -0.1) is 0 Å². The van der Waals surface area contributed by atoms with Crippen LogP contribution in [0.5, 0.6) is 5.75 Å². The Hall–Kier alpha value is -1.59. The SMILES string of the molecule is CCCCOCC(O)COc1ccccc1CC(=O)O. The molecule has 1 unspecified atom stereocenters. The fourth-order valence-electron chi connectivity index (χ4n) is 1.65. The number of para-hydroxylation sites is 1. The van der Waals surface area contributed by atoms with Gasteiger partial charge in [-0.2, -0.15) is 0 Å². The number of unbranched alkanes of at least 4 members (excludes halogenated alkanes) is 1. The molecule has 0 aliphatic heterocycles. The predicted octanol–water partition coefficient (Wildman–Crippen LogP) is 1.87. The molecule has 2 N–H and O–H groups in total. The van der Waals surface area contributed by atoms with Crippen molar-refractivity contribution in [2.75, 3.05) is 19.8 Å². The summed E-state index contributed by atoms with van der Waals surface area (Å²) in [5.41, 5.74) is 0.596. The van der Waals surface area contributed by atoms with Gasteiger partial charge in [-0.05, 0) is 12.5 Å². The molecule has 1 aromatic carbocycles. The number of benzene rings is 1. The van der Waals surface area contributed by atoms with Crippen molar-refractivity contribution in [2.24, 2.45) is 0 Å². The molecule has 1 aromatic rings. The first kappa shape index (κ1) is 16.5. The molecule has 5 nitrogen and oxygen atoms in total. The molecule has 0 fully saturated rings. The van der Waals surface area contributed by atoms with Gasteiger partial charge in [0.05, 0.1) is 13.0 Å². The first-order valence-electron chi connectivity index (χ1n) is 6.81. The molecule has 0 aromatic heterocycles. The second-order valence-electron chi connectivity index (χ2n) is 4.57. The van der Waals surface area contributed by atoms with Crippen LogP contribution >= 0.6 is 0 Å². The summed E-state index contributed by atoms with van der Waals surface area (Å²) in [6.45, 7) is 3.01. The van der Waals surface area contributed by atoms with Crippen LogP contribution in [0.15, 0.2) is 24.3 Å². The fraction of sp³-hybridized carbons (Fsp3) is 0.533. The number of carboxylic acids is 1. The highest BCUT2D eigenvalue weighted by atomic mass is 16.5. The number of rotatable bonds is 10. The van der Waals surface area contributed by atoms with Gasteiger partial charge in [0.1, 0.15) is 18.5 Å². The Morgan fingerprint density at radius 3 is 2.75 bits per heavy atom. The second-order valence-corrected chi connectivity index (χ2v) is 4.57. The van der Waals surface area contributed by atoms with E-state index in [-0.39, 0.29) is 19.6 Å². The van der Waals surface area contributed by atoms with Gasteiger partial charge in [0.25, 0.3) is 0 Å². The molecule has 0 radical (unpaired) electrons. The number of hydrogen-bond acceptors (Lipinski definition) is 4. The third-order valence-corrected chi connectivity index (χ3v) is 2.70. The minimum atomic E-state index is -0.913. The lowest BCUT2D eigenvalue weighted by Gasteiger charge is -2.14. The maximum absolute atomic E-state index is 10.7. The van der Waals surface area contributed by atoms with Gasteiger partial charge in [0.2, 0.25) is 0 Å². The van der Waals surface area contributed by atoms with Crippen molar-refractivity contribution >= 4 is 5.97 Å². The summed E-state index contributed by atoms with van der Waals surface area (Å²) in [5, 5.41) is 18.5. The average molecular weight is 282 g/mol. The lowest BCUT2D eigenvalue weighted by Crippen LogP contribution is -2.24. The number of carbonyl (C=O) groups is 1. The van der Waals surface area contributed by atoms with Crippen molar-refractivity contribution in [2.45, 2.75) is 32.3 Å². The number of aliphatic carboxylic acids is 1. The average Bonchev–Trinajstić information content (AvgIpc) is 2.42. The lowest BCUT2D eigenvalue weighted by atomic mass is 10.1. The Labute approximate surface area is 119 Å². The highest BCUT2D eigenvalue weighted by molar-refractivity contribution is 5.71. The second kappa shape index (κ2) is 9.34. The molecule has 0 amide bonds. The minimum absolute atomic E-state index is 0.0861. The smallest absolute Gasteiger partial charge is 0.307 e. The highest BCUT2D eigenvalue weighted by Crippen LogP contribution is 2.18. The highest BCUT2D eigenvalue weighted by Gasteiger charge is 2.10. The summed E-state index contributed by atoms with van der Waals surface area (Å²) in [6.07, 6.45) is 1.20.